The van der Waals surface area contributed by atoms with Gasteiger partial charge in [-0.05, 0) is 19.4 Å². The molecule has 0 unspecified atom stereocenters. The minimum atomic E-state index is -0.0117. The van der Waals surface area contributed by atoms with Crippen molar-refractivity contribution in [3.63, 3.8) is 0 Å². The van der Waals surface area contributed by atoms with Gasteiger partial charge in [-0.15, -0.1) is 0 Å². The standard InChI is InChI=1S/C11H13NO2/c1-7-2-4-10(13)8(6-7)9-3-5-11(14)12-9/h2,4,6,9,13H,3,5H2,1H3,(H,12,14)/t9-/m0/s1. The maximum absolute atomic E-state index is 11.0. The summed E-state index contributed by atoms with van der Waals surface area (Å²) in [6.45, 7) is 1.97. The number of hydrogen-bond acceptors (Lipinski definition) is 2. The van der Waals surface area contributed by atoms with Crippen LogP contribution in [0.1, 0.15) is 30.0 Å². The molecule has 3 nitrogen and oxygen atoms in total. The smallest absolute Gasteiger partial charge is 0.220 e. The molecule has 0 aliphatic carbocycles. The van der Waals surface area contributed by atoms with Crippen molar-refractivity contribution in [1.82, 2.24) is 5.32 Å². The third-order valence-electron chi connectivity index (χ3n) is 2.55. The van der Waals surface area contributed by atoms with Gasteiger partial charge in [0.05, 0.1) is 6.04 Å². The number of nitrogens with one attached hydrogen (secondary N) is 1. The first-order chi connectivity index (χ1) is 6.66. The fourth-order valence-corrected chi connectivity index (χ4v) is 1.80. The Labute approximate surface area is 82.8 Å². The van der Waals surface area contributed by atoms with Gasteiger partial charge in [0.15, 0.2) is 0 Å². The lowest BCUT2D eigenvalue weighted by molar-refractivity contribution is -0.119. The van der Waals surface area contributed by atoms with E-state index < -0.39 is 0 Å². The van der Waals surface area contributed by atoms with Crippen LogP contribution in [0.15, 0.2) is 18.2 Å². The fourth-order valence-electron chi connectivity index (χ4n) is 1.80. The molecule has 1 fully saturated rings. The first-order valence-corrected chi connectivity index (χ1v) is 4.75. The second kappa shape index (κ2) is 3.33. The van der Waals surface area contributed by atoms with Crippen molar-refractivity contribution in [2.45, 2.75) is 25.8 Å². The summed E-state index contributed by atoms with van der Waals surface area (Å²) < 4.78 is 0. The minimum Gasteiger partial charge on any atom is -0.508 e. The Bertz CT molecular complexity index is 374. The first-order valence-electron chi connectivity index (χ1n) is 4.75. The normalized spacial score (nSPS) is 20.9. The largest absolute Gasteiger partial charge is 0.508 e. The number of aromatic hydroxyl groups is 1. The van der Waals surface area contributed by atoms with Crippen molar-refractivity contribution in [2.75, 3.05) is 0 Å². The molecule has 1 amide bonds. The molecule has 3 heteroatoms. The summed E-state index contributed by atoms with van der Waals surface area (Å²) in [5.41, 5.74) is 1.93. The van der Waals surface area contributed by atoms with Gasteiger partial charge in [0.25, 0.3) is 0 Å². The highest BCUT2D eigenvalue weighted by atomic mass is 16.3. The van der Waals surface area contributed by atoms with Gasteiger partial charge in [0.2, 0.25) is 5.91 Å². The maximum Gasteiger partial charge on any atom is 0.220 e. The summed E-state index contributed by atoms with van der Waals surface area (Å²) >= 11 is 0. The average molecular weight is 191 g/mol. The molecule has 0 saturated carbocycles. The number of phenols is 1. The number of benzene rings is 1. The van der Waals surface area contributed by atoms with Crippen LogP contribution in [0.4, 0.5) is 0 Å². The fraction of sp³-hybridized carbons (Fsp3) is 0.364. The van der Waals surface area contributed by atoms with Gasteiger partial charge in [-0.25, -0.2) is 0 Å². The highest BCUT2D eigenvalue weighted by Gasteiger charge is 2.24. The van der Waals surface area contributed by atoms with Gasteiger partial charge in [-0.3, -0.25) is 4.79 Å². The van der Waals surface area contributed by atoms with Gasteiger partial charge >= 0.3 is 0 Å². The second-order valence-electron chi connectivity index (χ2n) is 3.72. The van der Waals surface area contributed by atoms with E-state index in [0.29, 0.717) is 6.42 Å². The van der Waals surface area contributed by atoms with Crippen molar-refractivity contribution in [3.05, 3.63) is 29.3 Å². The summed E-state index contributed by atoms with van der Waals surface area (Å²) in [5, 5.41) is 12.5. The molecule has 1 aliphatic heterocycles. The zero-order chi connectivity index (χ0) is 10.1. The van der Waals surface area contributed by atoms with Crippen LogP contribution in [-0.4, -0.2) is 11.0 Å². The van der Waals surface area contributed by atoms with E-state index in [9.17, 15) is 9.90 Å². The molecule has 1 aliphatic rings. The van der Waals surface area contributed by atoms with E-state index in [1.165, 1.54) is 0 Å². The Balaban J connectivity index is 2.31. The zero-order valence-electron chi connectivity index (χ0n) is 8.08. The molecule has 0 bridgehead atoms. The summed E-state index contributed by atoms with van der Waals surface area (Å²) in [6.07, 6.45) is 1.33. The molecule has 0 radical (unpaired) electrons. The molecule has 1 aromatic carbocycles. The minimum absolute atomic E-state index is 0.0117. The maximum atomic E-state index is 11.0. The molecule has 74 valence electrons. The van der Waals surface area contributed by atoms with Gasteiger partial charge in [0.1, 0.15) is 5.75 Å². The van der Waals surface area contributed by atoms with E-state index >= 15 is 0 Å². The molecule has 1 saturated heterocycles. The van der Waals surface area contributed by atoms with E-state index in [0.717, 1.165) is 17.5 Å². The lowest BCUT2D eigenvalue weighted by Gasteiger charge is -2.12. The van der Waals surface area contributed by atoms with Crippen LogP contribution in [0, 0.1) is 6.92 Å². The van der Waals surface area contributed by atoms with Gasteiger partial charge < -0.3 is 10.4 Å². The molecular weight excluding hydrogens is 178 g/mol. The molecule has 1 aromatic rings. The highest BCUT2D eigenvalue weighted by Crippen LogP contribution is 2.30. The van der Waals surface area contributed by atoms with Gasteiger partial charge in [-0.1, -0.05) is 17.7 Å². The van der Waals surface area contributed by atoms with Crippen molar-refractivity contribution in [1.29, 1.82) is 0 Å². The van der Waals surface area contributed by atoms with Crippen molar-refractivity contribution >= 4 is 5.91 Å². The average Bonchev–Trinajstić information content (AvgIpc) is 2.56. The quantitative estimate of drug-likeness (QED) is 0.709. The van der Waals surface area contributed by atoms with Crippen LogP contribution >= 0.6 is 0 Å². The molecule has 0 spiro atoms. The van der Waals surface area contributed by atoms with Gasteiger partial charge in [0, 0.05) is 12.0 Å². The highest BCUT2D eigenvalue weighted by molar-refractivity contribution is 5.79. The third kappa shape index (κ3) is 1.58. The van der Waals surface area contributed by atoms with E-state index in [1.54, 1.807) is 6.07 Å². The summed E-state index contributed by atoms with van der Waals surface area (Å²) in [5.74, 6) is 0.332. The molecule has 1 heterocycles. The molecule has 2 N–H and O–H groups in total. The zero-order valence-corrected chi connectivity index (χ0v) is 8.08. The third-order valence-corrected chi connectivity index (χ3v) is 2.55. The van der Waals surface area contributed by atoms with Gasteiger partial charge in [-0.2, -0.15) is 0 Å². The predicted molar refractivity (Wildman–Crippen MR) is 53.0 cm³/mol. The Hall–Kier alpha value is -1.51. The van der Waals surface area contributed by atoms with Crippen LogP contribution in [0.25, 0.3) is 0 Å². The Morgan fingerprint density at radius 3 is 2.93 bits per heavy atom. The van der Waals surface area contributed by atoms with Crippen LogP contribution in [-0.2, 0) is 4.79 Å². The first kappa shape index (κ1) is 9.06. The molecular formula is C11H13NO2. The molecule has 1 atom stereocenters. The Morgan fingerprint density at radius 1 is 1.50 bits per heavy atom. The lowest BCUT2D eigenvalue weighted by Crippen LogP contribution is -2.18. The second-order valence-corrected chi connectivity index (χ2v) is 3.72. The predicted octanol–water partition coefficient (Wildman–Crippen LogP) is 1.65. The lowest BCUT2D eigenvalue weighted by atomic mass is 10.0. The molecule has 0 aromatic heterocycles. The summed E-state index contributed by atoms with van der Waals surface area (Å²) in [7, 11) is 0. The monoisotopic (exact) mass is 191 g/mol. The molecule has 14 heavy (non-hydrogen) atoms. The number of aryl methyl sites for hydroxylation is 1. The number of carbonyl (C=O) groups is 1. The number of carbonyl (C=O) groups excluding carboxylic acids is 1. The Kier molecular flexibility index (Phi) is 2.15. The van der Waals surface area contributed by atoms with E-state index in [4.69, 9.17) is 0 Å². The van der Waals surface area contributed by atoms with Crippen LogP contribution in [0.2, 0.25) is 0 Å². The number of amides is 1. The summed E-state index contributed by atoms with van der Waals surface area (Å²) in [6, 6.07) is 5.44. The molecule has 2 rings (SSSR count). The summed E-state index contributed by atoms with van der Waals surface area (Å²) in [4.78, 5) is 11.0. The van der Waals surface area contributed by atoms with Crippen molar-refractivity contribution in [2.24, 2.45) is 0 Å². The number of hydrogen-bond donors (Lipinski definition) is 2. The Morgan fingerprint density at radius 2 is 2.29 bits per heavy atom. The van der Waals surface area contributed by atoms with E-state index in [-0.39, 0.29) is 17.7 Å². The van der Waals surface area contributed by atoms with Crippen LogP contribution in [0.5, 0.6) is 5.75 Å². The SMILES string of the molecule is Cc1ccc(O)c([C@@H]2CCC(=O)N2)c1. The van der Waals surface area contributed by atoms with Crippen molar-refractivity contribution < 1.29 is 9.90 Å². The number of phenolic OH excluding ortho intramolecular Hbond substituents is 1. The topological polar surface area (TPSA) is 49.3 Å². The number of rotatable bonds is 1. The van der Waals surface area contributed by atoms with Crippen LogP contribution < -0.4 is 5.32 Å². The van der Waals surface area contributed by atoms with Crippen molar-refractivity contribution in [3.8, 4) is 5.75 Å². The van der Waals surface area contributed by atoms with E-state index in [1.807, 2.05) is 19.1 Å². The van der Waals surface area contributed by atoms with E-state index in [2.05, 4.69) is 5.32 Å². The van der Waals surface area contributed by atoms with Crippen LogP contribution in [0.3, 0.4) is 0 Å².